The summed E-state index contributed by atoms with van der Waals surface area (Å²) in [7, 11) is 0. The monoisotopic (exact) mass is 383 g/mol. The van der Waals surface area contributed by atoms with Crippen molar-refractivity contribution in [2.24, 2.45) is 0 Å². The Labute approximate surface area is 143 Å². The van der Waals surface area contributed by atoms with Crippen LogP contribution in [0.1, 0.15) is 11.3 Å². The number of benzene rings is 1. The number of rotatable bonds is 3. The molecule has 23 heavy (non-hydrogen) atoms. The molecule has 1 aromatic carbocycles. The van der Waals surface area contributed by atoms with E-state index in [2.05, 4.69) is 4.98 Å². The summed E-state index contributed by atoms with van der Waals surface area (Å²) >= 11 is 17.5. The van der Waals surface area contributed by atoms with Crippen molar-refractivity contribution < 1.29 is 23.1 Å². The number of hydrogen-bond acceptors (Lipinski definition) is 2. The highest BCUT2D eigenvalue weighted by atomic mass is 35.5. The molecular weight excluding hydrogens is 378 g/mol. The standard InChI is InChI=1S/C14H7Cl3F3NO2/c15-8-3-7(4-9(16)12(8)17)11-6(5-10(22)23)1-2-21-13(11)14(18,19)20/h1-4H,5H2,(H,22,23). The second-order valence-electron chi connectivity index (χ2n) is 4.52. The Morgan fingerprint density at radius 1 is 1.17 bits per heavy atom. The van der Waals surface area contributed by atoms with Crippen LogP contribution in [0.15, 0.2) is 24.4 Å². The summed E-state index contributed by atoms with van der Waals surface area (Å²) in [6.07, 6.45) is -4.48. The minimum Gasteiger partial charge on any atom is -0.481 e. The molecule has 0 radical (unpaired) electrons. The van der Waals surface area contributed by atoms with Gasteiger partial charge in [-0.3, -0.25) is 9.78 Å². The number of halogens is 6. The second-order valence-corrected chi connectivity index (χ2v) is 5.71. The highest BCUT2D eigenvalue weighted by molar-refractivity contribution is 6.48. The van der Waals surface area contributed by atoms with Gasteiger partial charge in [-0.1, -0.05) is 34.8 Å². The maximum Gasteiger partial charge on any atom is 0.433 e. The summed E-state index contributed by atoms with van der Waals surface area (Å²) in [4.78, 5) is 14.3. The first kappa shape index (κ1) is 17.8. The van der Waals surface area contributed by atoms with Gasteiger partial charge in [-0.25, -0.2) is 0 Å². The Morgan fingerprint density at radius 3 is 2.22 bits per heavy atom. The van der Waals surface area contributed by atoms with E-state index in [1.54, 1.807) is 0 Å². The predicted octanol–water partition coefficient (Wildman–Crippen LogP) is 5.35. The van der Waals surface area contributed by atoms with Crippen LogP contribution in [0.2, 0.25) is 15.1 Å². The molecule has 2 rings (SSSR count). The Kier molecular flexibility index (Phi) is 5.08. The number of nitrogens with zero attached hydrogens (tertiary/aromatic N) is 1. The number of carbonyl (C=O) groups is 1. The van der Waals surface area contributed by atoms with Crippen LogP contribution in [0.3, 0.4) is 0 Å². The first-order valence-electron chi connectivity index (χ1n) is 6.03. The smallest absolute Gasteiger partial charge is 0.433 e. The van der Waals surface area contributed by atoms with Crippen LogP contribution in [0.4, 0.5) is 13.2 Å². The van der Waals surface area contributed by atoms with Gasteiger partial charge in [-0.2, -0.15) is 13.2 Å². The van der Waals surface area contributed by atoms with Crippen molar-refractivity contribution in [2.45, 2.75) is 12.6 Å². The number of aromatic nitrogens is 1. The molecule has 1 aromatic heterocycles. The third-order valence-corrected chi connectivity index (χ3v) is 4.12. The van der Waals surface area contributed by atoms with E-state index in [4.69, 9.17) is 39.9 Å². The number of pyridine rings is 1. The van der Waals surface area contributed by atoms with Gasteiger partial charge >= 0.3 is 12.1 Å². The van der Waals surface area contributed by atoms with E-state index in [9.17, 15) is 18.0 Å². The molecule has 1 N–H and O–H groups in total. The summed E-state index contributed by atoms with van der Waals surface area (Å²) in [5.41, 5.74) is -1.68. The van der Waals surface area contributed by atoms with Gasteiger partial charge in [-0.15, -0.1) is 0 Å². The summed E-state index contributed by atoms with van der Waals surface area (Å²) in [6, 6.07) is 3.58. The van der Waals surface area contributed by atoms with Crippen molar-refractivity contribution in [3.8, 4) is 11.1 Å². The molecule has 0 fully saturated rings. The van der Waals surface area contributed by atoms with Gasteiger partial charge in [0.1, 0.15) is 0 Å². The maximum atomic E-state index is 13.2. The number of alkyl halides is 3. The van der Waals surface area contributed by atoms with E-state index in [-0.39, 0.29) is 31.8 Å². The average Bonchev–Trinajstić information content (AvgIpc) is 2.42. The lowest BCUT2D eigenvalue weighted by atomic mass is 9.96. The van der Waals surface area contributed by atoms with Gasteiger partial charge in [0.25, 0.3) is 0 Å². The SMILES string of the molecule is O=C(O)Cc1ccnc(C(F)(F)F)c1-c1cc(Cl)c(Cl)c(Cl)c1. The summed E-state index contributed by atoms with van der Waals surface area (Å²) < 4.78 is 39.7. The molecule has 0 aliphatic rings. The summed E-state index contributed by atoms with van der Waals surface area (Å²) in [5.74, 6) is -1.28. The van der Waals surface area contributed by atoms with Crippen molar-refractivity contribution in [1.82, 2.24) is 4.98 Å². The maximum absolute atomic E-state index is 13.2. The van der Waals surface area contributed by atoms with Crippen LogP contribution in [-0.4, -0.2) is 16.1 Å². The molecule has 1 heterocycles. The fraction of sp³-hybridized carbons (Fsp3) is 0.143. The number of hydrogen-bond donors (Lipinski definition) is 1. The molecule has 0 amide bonds. The minimum atomic E-state index is -4.78. The molecule has 0 unspecified atom stereocenters. The van der Waals surface area contributed by atoms with Gasteiger partial charge in [0.15, 0.2) is 5.69 Å². The molecule has 122 valence electrons. The third-order valence-electron chi connectivity index (χ3n) is 2.92. The zero-order chi connectivity index (χ0) is 17.4. The van der Waals surface area contributed by atoms with Crippen molar-refractivity contribution >= 4 is 40.8 Å². The Bertz CT molecular complexity index is 755. The number of aliphatic carboxylic acids is 1. The Hall–Kier alpha value is -1.50. The fourth-order valence-electron chi connectivity index (χ4n) is 2.05. The lowest BCUT2D eigenvalue weighted by molar-refractivity contribution is -0.141. The van der Waals surface area contributed by atoms with E-state index in [0.29, 0.717) is 0 Å². The molecule has 0 bridgehead atoms. The van der Waals surface area contributed by atoms with Crippen LogP contribution in [0, 0.1) is 0 Å². The molecule has 0 saturated carbocycles. The fourth-order valence-corrected chi connectivity index (χ4v) is 2.65. The predicted molar refractivity (Wildman–Crippen MR) is 81.0 cm³/mol. The Morgan fingerprint density at radius 2 is 1.74 bits per heavy atom. The highest BCUT2D eigenvalue weighted by Crippen LogP contribution is 2.41. The quantitative estimate of drug-likeness (QED) is 0.725. The van der Waals surface area contributed by atoms with Crippen molar-refractivity contribution in [3.63, 3.8) is 0 Å². The molecule has 2 aromatic rings. The van der Waals surface area contributed by atoms with Gasteiger partial charge in [0, 0.05) is 11.8 Å². The van der Waals surface area contributed by atoms with Crippen molar-refractivity contribution in [3.05, 3.63) is 50.7 Å². The molecule has 9 heteroatoms. The third kappa shape index (κ3) is 3.88. The molecule has 0 aliphatic carbocycles. The lowest BCUT2D eigenvalue weighted by Crippen LogP contribution is -2.13. The van der Waals surface area contributed by atoms with Gasteiger partial charge < -0.3 is 5.11 Å². The molecular formula is C14H7Cl3F3NO2. The van der Waals surface area contributed by atoms with Crippen LogP contribution in [0.5, 0.6) is 0 Å². The lowest BCUT2D eigenvalue weighted by Gasteiger charge is -2.16. The van der Waals surface area contributed by atoms with E-state index in [0.717, 1.165) is 6.20 Å². The van der Waals surface area contributed by atoms with Gasteiger partial charge in [-0.05, 0) is 29.3 Å². The van der Waals surface area contributed by atoms with E-state index in [1.807, 2.05) is 0 Å². The normalized spacial score (nSPS) is 11.6. The van der Waals surface area contributed by atoms with E-state index in [1.165, 1.54) is 18.2 Å². The zero-order valence-corrected chi connectivity index (χ0v) is 13.4. The summed E-state index contributed by atoms with van der Waals surface area (Å²) in [6.45, 7) is 0. The Balaban J connectivity index is 2.79. The van der Waals surface area contributed by atoms with E-state index < -0.39 is 24.3 Å². The van der Waals surface area contributed by atoms with Crippen LogP contribution in [-0.2, 0) is 17.4 Å². The van der Waals surface area contributed by atoms with E-state index >= 15 is 0 Å². The highest BCUT2D eigenvalue weighted by Gasteiger charge is 2.37. The zero-order valence-electron chi connectivity index (χ0n) is 11.1. The summed E-state index contributed by atoms with van der Waals surface area (Å²) in [5, 5.41) is 8.81. The number of carboxylic acids is 1. The molecule has 0 atom stereocenters. The molecule has 0 spiro atoms. The molecule has 3 nitrogen and oxygen atoms in total. The van der Waals surface area contributed by atoms with Crippen LogP contribution < -0.4 is 0 Å². The second kappa shape index (κ2) is 6.55. The van der Waals surface area contributed by atoms with Crippen molar-refractivity contribution in [2.75, 3.05) is 0 Å². The van der Waals surface area contributed by atoms with Crippen LogP contribution >= 0.6 is 34.8 Å². The average molecular weight is 385 g/mol. The van der Waals surface area contributed by atoms with Gasteiger partial charge in [0.05, 0.1) is 21.5 Å². The minimum absolute atomic E-state index is 0.00526. The molecule has 0 aliphatic heterocycles. The first-order chi connectivity index (χ1) is 10.6. The topological polar surface area (TPSA) is 50.2 Å². The van der Waals surface area contributed by atoms with Crippen LogP contribution in [0.25, 0.3) is 11.1 Å². The van der Waals surface area contributed by atoms with Gasteiger partial charge in [0.2, 0.25) is 0 Å². The largest absolute Gasteiger partial charge is 0.481 e. The molecule has 0 saturated heterocycles. The first-order valence-corrected chi connectivity index (χ1v) is 7.16. The van der Waals surface area contributed by atoms with Crippen molar-refractivity contribution in [1.29, 1.82) is 0 Å². The number of carboxylic acid groups (broad SMARTS) is 1.